The molecule has 10 nitrogen and oxygen atoms in total. The maximum absolute atomic E-state index is 13.5. The van der Waals surface area contributed by atoms with E-state index >= 15 is 0 Å². The van der Waals surface area contributed by atoms with E-state index in [1.165, 1.54) is 0 Å². The van der Waals surface area contributed by atoms with Gasteiger partial charge in [0.05, 0.1) is 12.0 Å². The van der Waals surface area contributed by atoms with Gasteiger partial charge in [-0.3, -0.25) is 24.0 Å². The molecule has 0 unspecified atom stereocenters. The normalized spacial score (nSPS) is 19.5. The number of rotatable bonds is 9. The van der Waals surface area contributed by atoms with Crippen molar-refractivity contribution in [2.75, 3.05) is 18.9 Å². The fourth-order valence-electron chi connectivity index (χ4n) is 4.50. The molecule has 3 rings (SSSR count). The summed E-state index contributed by atoms with van der Waals surface area (Å²) in [5.41, 5.74) is 0.863. The number of hydrogen-bond acceptors (Lipinski definition) is 6. The molecule has 4 amide bonds. The van der Waals surface area contributed by atoms with Gasteiger partial charge in [-0.2, -0.15) is 0 Å². The van der Waals surface area contributed by atoms with E-state index in [-0.39, 0.29) is 54.7 Å². The van der Waals surface area contributed by atoms with Gasteiger partial charge in [0.15, 0.2) is 0 Å². The number of ketones is 1. The molecule has 0 spiro atoms. The Bertz CT molecular complexity index is 1040. The molecule has 1 saturated heterocycles. The molecule has 1 aliphatic carbocycles. The number of likely N-dealkylation sites (tertiary alicyclic amines) is 1. The summed E-state index contributed by atoms with van der Waals surface area (Å²) < 4.78 is 0. The van der Waals surface area contributed by atoms with Crippen molar-refractivity contribution in [1.82, 2.24) is 20.9 Å². The Labute approximate surface area is 218 Å². The SMILES string of the molecule is CN[C@@H](C)C(=O)N[C@H](C(=O)N1CCC[C@H]1C(=O)NCc1cccc(NC(=O)C2CC(=O)C2)c1)C(C)(C)C. The summed E-state index contributed by atoms with van der Waals surface area (Å²) >= 11 is 0. The fourth-order valence-corrected chi connectivity index (χ4v) is 4.50. The van der Waals surface area contributed by atoms with Crippen LogP contribution >= 0.6 is 0 Å². The van der Waals surface area contributed by atoms with Gasteiger partial charge in [-0.15, -0.1) is 0 Å². The van der Waals surface area contributed by atoms with Crippen molar-refractivity contribution in [3.05, 3.63) is 29.8 Å². The number of nitrogens with zero attached hydrogens (tertiary/aromatic N) is 1. The van der Waals surface area contributed by atoms with Crippen LogP contribution < -0.4 is 21.3 Å². The Kier molecular flexibility index (Phi) is 9.07. The number of amides is 4. The van der Waals surface area contributed by atoms with Gasteiger partial charge in [-0.1, -0.05) is 32.9 Å². The number of nitrogens with one attached hydrogen (secondary N) is 4. The van der Waals surface area contributed by atoms with Crippen molar-refractivity contribution >= 4 is 35.1 Å². The molecule has 3 atom stereocenters. The first-order valence-corrected chi connectivity index (χ1v) is 12.9. The van der Waals surface area contributed by atoms with Gasteiger partial charge in [0, 0.05) is 31.6 Å². The number of likely N-dealkylation sites (N-methyl/N-ethyl adjacent to an activating group) is 1. The smallest absolute Gasteiger partial charge is 0.246 e. The van der Waals surface area contributed by atoms with Gasteiger partial charge in [0.2, 0.25) is 23.6 Å². The second-order valence-corrected chi connectivity index (χ2v) is 11.1. The van der Waals surface area contributed by atoms with E-state index in [0.29, 0.717) is 25.1 Å². The molecule has 2 aliphatic rings. The van der Waals surface area contributed by atoms with Crippen LogP contribution in [0.3, 0.4) is 0 Å². The van der Waals surface area contributed by atoms with Crippen molar-refractivity contribution < 1.29 is 24.0 Å². The van der Waals surface area contributed by atoms with Gasteiger partial charge >= 0.3 is 0 Å². The number of anilines is 1. The van der Waals surface area contributed by atoms with E-state index in [1.54, 1.807) is 37.1 Å². The largest absolute Gasteiger partial charge is 0.350 e. The molecule has 1 saturated carbocycles. The number of benzene rings is 1. The van der Waals surface area contributed by atoms with Crippen LogP contribution in [0.4, 0.5) is 5.69 Å². The number of hydrogen-bond donors (Lipinski definition) is 4. The molecule has 2 fully saturated rings. The summed E-state index contributed by atoms with van der Waals surface area (Å²) in [4.78, 5) is 64.1. The zero-order valence-corrected chi connectivity index (χ0v) is 22.3. The van der Waals surface area contributed by atoms with Crippen LogP contribution in [-0.4, -0.2) is 66.0 Å². The zero-order valence-electron chi connectivity index (χ0n) is 22.3. The van der Waals surface area contributed by atoms with E-state index in [0.717, 1.165) is 5.56 Å². The lowest BCUT2D eigenvalue weighted by Crippen LogP contribution is -2.59. The average Bonchev–Trinajstić information content (AvgIpc) is 3.32. The highest BCUT2D eigenvalue weighted by molar-refractivity contribution is 6.02. The van der Waals surface area contributed by atoms with Crippen LogP contribution in [0.25, 0.3) is 0 Å². The van der Waals surface area contributed by atoms with Gasteiger partial charge < -0.3 is 26.2 Å². The third-order valence-corrected chi connectivity index (χ3v) is 7.04. The van der Waals surface area contributed by atoms with E-state index < -0.39 is 23.5 Å². The Morgan fingerprint density at radius 1 is 1.11 bits per heavy atom. The summed E-state index contributed by atoms with van der Waals surface area (Å²) in [6.45, 7) is 8.08. The summed E-state index contributed by atoms with van der Waals surface area (Å²) in [5.74, 6) is -1.14. The zero-order chi connectivity index (χ0) is 27.3. The fraction of sp³-hybridized carbons (Fsp3) is 0.593. The molecule has 202 valence electrons. The van der Waals surface area contributed by atoms with Gasteiger partial charge in [0.25, 0.3) is 0 Å². The Morgan fingerprint density at radius 2 is 1.81 bits per heavy atom. The highest BCUT2D eigenvalue weighted by Gasteiger charge is 2.42. The lowest BCUT2D eigenvalue weighted by atomic mass is 9.83. The van der Waals surface area contributed by atoms with Crippen molar-refractivity contribution in [2.24, 2.45) is 11.3 Å². The molecule has 0 aromatic heterocycles. The molecule has 1 aromatic rings. The predicted molar refractivity (Wildman–Crippen MR) is 139 cm³/mol. The highest BCUT2D eigenvalue weighted by Crippen LogP contribution is 2.27. The monoisotopic (exact) mass is 513 g/mol. The van der Waals surface area contributed by atoms with E-state index in [2.05, 4.69) is 21.3 Å². The first-order chi connectivity index (χ1) is 17.4. The number of Topliss-reactive ketones (excluding diaryl/α,β-unsaturated/α-hetero) is 1. The topological polar surface area (TPSA) is 137 Å². The van der Waals surface area contributed by atoms with Crippen LogP contribution in [-0.2, 0) is 30.5 Å². The molecule has 1 heterocycles. The second kappa shape index (κ2) is 11.9. The summed E-state index contributed by atoms with van der Waals surface area (Å²) in [6, 6.07) is 5.34. The standard InChI is InChI=1S/C27H39N5O5/c1-16(28-5)23(34)31-22(27(2,3)4)26(37)32-11-7-10-21(32)25(36)29-15-17-8-6-9-19(12-17)30-24(35)18-13-20(33)14-18/h6,8-9,12,16,18,21-22,28H,7,10-11,13-15H2,1-5H3,(H,29,36)(H,30,35)(H,31,34)/t16-,21-,22+/m0/s1. The summed E-state index contributed by atoms with van der Waals surface area (Å²) in [7, 11) is 1.68. The summed E-state index contributed by atoms with van der Waals surface area (Å²) in [5, 5.41) is 11.5. The van der Waals surface area contributed by atoms with Crippen molar-refractivity contribution in [3.63, 3.8) is 0 Å². The average molecular weight is 514 g/mol. The maximum atomic E-state index is 13.5. The molecular formula is C27H39N5O5. The highest BCUT2D eigenvalue weighted by atomic mass is 16.2. The van der Waals surface area contributed by atoms with Gasteiger partial charge in [-0.25, -0.2) is 0 Å². The van der Waals surface area contributed by atoms with E-state index in [1.807, 2.05) is 26.8 Å². The molecular weight excluding hydrogens is 474 g/mol. The third-order valence-electron chi connectivity index (χ3n) is 7.04. The molecule has 37 heavy (non-hydrogen) atoms. The van der Waals surface area contributed by atoms with Gasteiger partial charge in [-0.05, 0) is 49.9 Å². The lowest BCUT2D eigenvalue weighted by molar-refractivity contribution is -0.144. The first-order valence-electron chi connectivity index (χ1n) is 12.9. The Morgan fingerprint density at radius 3 is 2.43 bits per heavy atom. The Balaban J connectivity index is 1.61. The van der Waals surface area contributed by atoms with Crippen molar-refractivity contribution in [1.29, 1.82) is 0 Å². The van der Waals surface area contributed by atoms with Gasteiger partial charge in [0.1, 0.15) is 17.9 Å². The van der Waals surface area contributed by atoms with Crippen molar-refractivity contribution in [2.45, 2.75) is 78.0 Å². The van der Waals surface area contributed by atoms with Crippen LogP contribution in [0.2, 0.25) is 0 Å². The van der Waals surface area contributed by atoms with Crippen LogP contribution in [0.1, 0.15) is 58.9 Å². The molecule has 0 bridgehead atoms. The third kappa shape index (κ3) is 7.15. The van der Waals surface area contributed by atoms with E-state index in [4.69, 9.17) is 0 Å². The minimum absolute atomic E-state index is 0.0970. The lowest BCUT2D eigenvalue weighted by Gasteiger charge is -2.36. The first kappa shape index (κ1) is 28.3. The second-order valence-electron chi connectivity index (χ2n) is 11.1. The number of carbonyl (C=O) groups is 5. The number of carbonyl (C=O) groups excluding carboxylic acids is 5. The molecule has 0 radical (unpaired) electrons. The minimum Gasteiger partial charge on any atom is -0.350 e. The molecule has 4 N–H and O–H groups in total. The van der Waals surface area contributed by atoms with Crippen LogP contribution in [0.15, 0.2) is 24.3 Å². The van der Waals surface area contributed by atoms with Crippen LogP contribution in [0.5, 0.6) is 0 Å². The van der Waals surface area contributed by atoms with Crippen molar-refractivity contribution in [3.8, 4) is 0 Å². The van der Waals surface area contributed by atoms with Crippen LogP contribution in [0, 0.1) is 11.3 Å². The van der Waals surface area contributed by atoms with E-state index in [9.17, 15) is 24.0 Å². The molecule has 1 aromatic carbocycles. The predicted octanol–water partition coefficient (Wildman–Crippen LogP) is 1.35. The quantitative estimate of drug-likeness (QED) is 0.394. The summed E-state index contributed by atoms with van der Waals surface area (Å²) in [6.07, 6.45) is 1.82. The Hall–Kier alpha value is -3.27. The molecule has 1 aliphatic heterocycles. The minimum atomic E-state index is -0.768. The maximum Gasteiger partial charge on any atom is 0.246 e. The molecule has 10 heteroatoms.